The number of amides is 1. The van der Waals surface area contributed by atoms with Crippen molar-refractivity contribution in [2.75, 3.05) is 6.54 Å². The molecule has 1 fully saturated rings. The normalized spacial score (nSPS) is 16.9. The van der Waals surface area contributed by atoms with Crippen molar-refractivity contribution >= 4 is 5.91 Å². The van der Waals surface area contributed by atoms with Crippen molar-refractivity contribution in [2.24, 2.45) is 0 Å². The van der Waals surface area contributed by atoms with Crippen LogP contribution in [0.1, 0.15) is 66.5 Å². The molecule has 146 valence electrons. The number of benzene rings is 1. The molecule has 1 saturated heterocycles. The summed E-state index contributed by atoms with van der Waals surface area (Å²) in [5, 5.41) is 4.26. The summed E-state index contributed by atoms with van der Waals surface area (Å²) in [7, 11) is 0. The summed E-state index contributed by atoms with van der Waals surface area (Å²) < 4.78 is 21.1. The van der Waals surface area contributed by atoms with Gasteiger partial charge >= 0.3 is 0 Å². The molecule has 7 heteroatoms. The zero-order valence-electron chi connectivity index (χ0n) is 16.0. The van der Waals surface area contributed by atoms with E-state index in [1.807, 2.05) is 24.8 Å². The number of rotatable bonds is 5. The molecule has 28 heavy (non-hydrogen) atoms. The minimum atomic E-state index is -0.272. The highest BCUT2D eigenvalue weighted by molar-refractivity contribution is 5.93. The van der Waals surface area contributed by atoms with Gasteiger partial charge in [-0.2, -0.15) is 5.10 Å². The van der Waals surface area contributed by atoms with E-state index in [4.69, 9.17) is 4.42 Å². The van der Waals surface area contributed by atoms with Crippen LogP contribution in [0.5, 0.6) is 0 Å². The van der Waals surface area contributed by atoms with Gasteiger partial charge in [0.2, 0.25) is 5.89 Å². The second-order valence-electron chi connectivity index (χ2n) is 7.38. The van der Waals surface area contributed by atoms with Gasteiger partial charge in [-0.15, -0.1) is 0 Å². The highest BCUT2D eigenvalue weighted by Gasteiger charge is 2.35. The summed E-state index contributed by atoms with van der Waals surface area (Å²) in [5.74, 6) is 0.866. The Bertz CT molecular complexity index is 978. The summed E-state index contributed by atoms with van der Waals surface area (Å²) in [6.45, 7) is 4.66. The first kappa shape index (κ1) is 18.4. The van der Waals surface area contributed by atoms with E-state index in [2.05, 4.69) is 10.1 Å². The van der Waals surface area contributed by atoms with Crippen molar-refractivity contribution in [3.8, 4) is 0 Å². The van der Waals surface area contributed by atoms with Crippen LogP contribution in [0.3, 0.4) is 0 Å². The van der Waals surface area contributed by atoms with E-state index in [1.165, 1.54) is 12.1 Å². The summed E-state index contributed by atoms with van der Waals surface area (Å²) in [4.78, 5) is 19.3. The number of halogens is 1. The Morgan fingerprint density at radius 3 is 3.00 bits per heavy atom. The lowest BCUT2D eigenvalue weighted by Crippen LogP contribution is -2.32. The zero-order chi connectivity index (χ0) is 19.7. The van der Waals surface area contributed by atoms with Crippen LogP contribution in [0.4, 0.5) is 4.39 Å². The van der Waals surface area contributed by atoms with Gasteiger partial charge in [0.05, 0.1) is 6.20 Å². The fourth-order valence-electron chi connectivity index (χ4n) is 3.72. The first-order valence-corrected chi connectivity index (χ1v) is 9.56. The molecule has 6 nitrogen and oxygen atoms in total. The summed E-state index contributed by atoms with van der Waals surface area (Å²) in [6.07, 6.45) is 5.49. The number of oxazole rings is 1. The maximum Gasteiger partial charge on any atom is 0.272 e. The Morgan fingerprint density at radius 2 is 2.21 bits per heavy atom. The summed E-state index contributed by atoms with van der Waals surface area (Å²) in [6, 6.07) is 8.10. The highest BCUT2D eigenvalue weighted by atomic mass is 19.1. The standard InChI is InChI=1S/C21H23FN4O2/c1-14(2)26-19(8-9-24-26)21(27)25-10-4-7-18(25)20-23-13-17(28-20)12-15-5-3-6-16(22)11-15/h3,5-6,8-9,11,13-14,18H,4,7,10,12H2,1-2H3/t18-/m0/s1. The predicted octanol–water partition coefficient (Wildman–Crippen LogP) is 4.16. The lowest BCUT2D eigenvalue weighted by Gasteiger charge is -2.23. The molecule has 0 unspecified atom stereocenters. The van der Waals surface area contributed by atoms with E-state index in [1.54, 1.807) is 29.2 Å². The maximum absolute atomic E-state index is 13.4. The largest absolute Gasteiger partial charge is 0.443 e. The smallest absolute Gasteiger partial charge is 0.272 e. The Kier molecular flexibility index (Phi) is 4.98. The van der Waals surface area contributed by atoms with Gasteiger partial charge in [-0.1, -0.05) is 12.1 Å². The van der Waals surface area contributed by atoms with Gasteiger partial charge in [-0.25, -0.2) is 9.37 Å². The van der Waals surface area contributed by atoms with E-state index in [-0.39, 0.29) is 23.8 Å². The molecule has 0 bridgehead atoms. The average molecular weight is 382 g/mol. The molecule has 3 heterocycles. The molecule has 1 amide bonds. The van der Waals surface area contributed by atoms with E-state index in [0.29, 0.717) is 30.3 Å². The molecule has 2 aromatic heterocycles. The van der Waals surface area contributed by atoms with Crippen LogP contribution >= 0.6 is 0 Å². The van der Waals surface area contributed by atoms with Gasteiger partial charge in [0.15, 0.2) is 0 Å². The third kappa shape index (κ3) is 3.56. The van der Waals surface area contributed by atoms with Crippen molar-refractivity contribution in [2.45, 2.75) is 45.2 Å². The van der Waals surface area contributed by atoms with Crippen molar-refractivity contribution in [3.05, 3.63) is 71.5 Å². The van der Waals surface area contributed by atoms with Crippen LogP contribution in [0.2, 0.25) is 0 Å². The quantitative estimate of drug-likeness (QED) is 0.665. The molecule has 0 aliphatic carbocycles. The molecule has 1 atom stereocenters. The first-order valence-electron chi connectivity index (χ1n) is 9.56. The van der Waals surface area contributed by atoms with Crippen LogP contribution in [0.25, 0.3) is 0 Å². The van der Waals surface area contributed by atoms with Crippen molar-refractivity contribution < 1.29 is 13.6 Å². The number of carbonyl (C=O) groups excluding carboxylic acids is 1. The van der Waals surface area contributed by atoms with Crippen LogP contribution in [0, 0.1) is 5.82 Å². The van der Waals surface area contributed by atoms with E-state index < -0.39 is 0 Å². The predicted molar refractivity (Wildman–Crippen MR) is 101 cm³/mol. The van der Waals surface area contributed by atoms with Crippen LogP contribution in [0.15, 0.2) is 47.1 Å². The van der Waals surface area contributed by atoms with Gasteiger partial charge in [0, 0.05) is 25.2 Å². The fourth-order valence-corrected chi connectivity index (χ4v) is 3.72. The van der Waals surface area contributed by atoms with E-state index in [9.17, 15) is 9.18 Å². The second-order valence-corrected chi connectivity index (χ2v) is 7.38. The van der Waals surface area contributed by atoms with Gasteiger partial charge in [0.25, 0.3) is 5.91 Å². The molecule has 0 spiro atoms. The molecule has 0 N–H and O–H groups in total. The Labute approximate surface area is 163 Å². The second kappa shape index (κ2) is 7.58. The number of hydrogen-bond donors (Lipinski definition) is 0. The molecule has 0 radical (unpaired) electrons. The van der Waals surface area contributed by atoms with Crippen LogP contribution in [-0.4, -0.2) is 32.1 Å². The highest BCUT2D eigenvalue weighted by Crippen LogP contribution is 2.33. The fraction of sp³-hybridized carbons (Fsp3) is 0.381. The number of nitrogens with zero attached hydrogens (tertiary/aromatic N) is 4. The lowest BCUT2D eigenvalue weighted by atomic mass is 10.1. The molecule has 1 aliphatic rings. The molecular weight excluding hydrogens is 359 g/mol. The minimum Gasteiger partial charge on any atom is -0.443 e. The van der Waals surface area contributed by atoms with Crippen molar-refractivity contribution in [1.29, 1.82) is 0 Å². The third-order valence-electron chi connectivity index (χ3n) is 5.02. The molecule has 3 aromatic rings. The van der Waals surface area contributed by atoms with E-state index >= 15 is 0 Å². The first-order chi connectivity index (χ1) is 13.5. The molecule has 1 aliphatic heterocycles. The van der Waals surface area contributed by atoms with Crippen LogP contribution < -0.4 is 0 Å². The topological polar surface area (TPSA) is 64.2 Å². The summed E-state index contributed by atoms with van der Waals surface area (Å²) in [5.41, 5.74) is 1.40. The average Bonchev–Trinajstić information content (AvgIpc) is 3.41. The SMILES string of the molecule is CC(C)n1nccc1C(=O)N1CCC[C@H]1c1ncc(Cc2cccc(F)c2)o1. The van der Waals surface area contributed by atoms with Gasteiger partial charge in [-0.05, 0) is 50.5 Å². The zero-order valence-corrected chi connectivity index (χ0v) is 16.0. The molecule has 0 saturated carbocycles. The van der Waals surface area contributed by atoms with Crippen molar-refractivity contribution in [3.63, 3.8) is 0 Å². The minimum absolute atomic E-state index is 0.0569. The number of likely N-dealkylation sites (tertiary alicyclic amines) is 1. The number of hydrogen-bond acceptors (Lipinski definition) is 4. The molecular formula is C21H23FN4O2. The number of aromatic nitrogens is 3. The lowest BCUT2D eigenvalue weighted by molar-refractivity contribution is 0.0700. The van der Waals surface area contributed by atoms with E-state index in [0.717, 1.165) is 18.4 Å². The maximum atomic E-state index is 13.4. The van der Waals surface area contributed by atoms with Gasteiger partial charge in [0.1, 0.15) is 23.3 Å². The van der Waals surface area contributed by atoms with Gasteiger partial charge < -0.3 is 9.32 Å². The third-order valence-corrected chi connectivity index (χ3v) is 5.02. The Balaban J connectivity index is 1.53. The van der Waals surface area contributed by atoms with Crippen LogP contribution in [-0.2, 0) is 6.42 Å². The molecule has 1 aromatic carbocycles. The molecule has 4 rings (SSSR count). The van der Waals surface area contributed by atoms with Crippen molar-refractivity contribution in [1.82, 2.24) is 19.7 Å². The number of carbonyl (C=O) groups is 1. The monoisotopic (exact) mass is 382 g/mol. The summed E-state index contributed by atoms with van der Waals surface area (Å²) >= 11 is 0. The van der Waals surface area contributed by atoms with Gasteiger partial charge in [-0.3, -0.25) is 9.48 Å². The Morgan fingerprint density at radius 1 is 1.36 bits per heavy atom. The Hall–Kier alpha value is -2.96.